The first-order valence-corrected chi connectivity index (χ1v) is 7.29. The van der Waals surface area contributed by atoms with E-state index in [1.54, 1.807) is 11.3 Å². The maximum atomic E-state index is 12.1. The molecule has 2 aromatic carbocycles. The summed E-state index contributed by atoms with van der Waals surface area (Å²) in [6, 6.07) is 16.1. The van der Waals surface area contributed by atoms with Gasteiger partial charge >= 0.3 is 0 Å². The van der Waals surface area contributed by atoms with Crippen LogP contribution in [0.15, 0.2) is 53.9 Å². The molecule has 1 aliphatic rings. The Balaban J connectivity index is 1.90. The van der Waals surface area contributed by atoms with E-state index in [0.29, 0.717) is 0 Å². The van der Waals surface area contributed by atoms with Gasteiger partial charge in [0.05, 0.1) is 0 Å². The van der Waals surface area contributed by atoms with E-state index in [9.17, 15) is 4.79 Å². The standard InChI is InChI=1S/C17H11NOS/c19-17-14(13-6-1-3-7-15(13)18-17)9-11-10-20-16-8-4-2-5-12(11)16/h1-10H,(H,18,19)/b14-9+. The van der Waals surface area contributed by atoms with Crippen molar-refractivity contribution in [2.75, 3.05) is 5.32 Å². The van der Waals surface area contributed by atoms with Crippen molar-refractivity contribution in [1.82, 2.24) is 0 Å². The minimum absolute atomic E-state index is 0.0264. The van der Waals surface area contributed by atoms with Gasteiger partial charge in [-0.15, -0.1) is 11.3 Å². The molecule has 2 heterocycles. The van der Waals surface area contributed by atoms with Crippen LogP contribution in [0.3, 0.4) is 0 Å². The van der Waals surface area contributed by atoms with Gasteiger partial charge in [-0.2, -0.15) is 0 Å². The van der Waals surface area contributed by atoms with Crippen LogP contribution in [0.5, 0.6) is 0 Å². The molecular weight excluding hydrogens is 266 g/mol. The summed E-state index contributed by atoms with van der Waals surface area (Å²) in [5.74, 6) is -0.0264. The first-order valence-electron chi connectivity index (χ1n) is 6.41. The molecule has 1 aliphatic heterocycles. The minimum Gasteiger partial charge on any atom is -0.321 e. The number of fused-ring (bicyclic) bond motifs is 2. The molecule has 1 amide bonds. The average Bonchev–Trinajstić information content (AvgIpc) is 3.02. The lowest BCUT2D eigenvalue weighted by atomic mass is 10.0. The molecule has 3 heteroatoms. The molecule has 20 heavy (non-hydrogen) atoms. The molecule has 3 aromatic rings. The summed E-state index contributed by atoms with van der Waals surface area (Å²) in [6.45, 7) is 0. The number of hydrogen-bond donors (Lipinski definition) is 1. The second-order valence-corrected chi connectivity index (χ2v) is 5.66. The van der Waals surface area contributed by atoms with Gasteiger partial charge in [-0.3, -0.25) is 4.79 Å². The number of para-hydroxylation sites is 1. The average molecular weight is 277 g/mol. The Bertz CT molecular complexity index is 860. The molecule has 0 radical (unpaired) electrons. The second-order valence-electron chi connectivity index (χ2n) is 4.74. The normalized spacial score (nSPS) is 15.6. The van der Waals surface area contributed by atoms with Crippen LogP contribution < -0.4 is 5.32 Å². The molecular formula is C17H11NOS. The Labute approximate surface area is 120 Å². The molecule has 2 nitrogen and oxygen atoms in total. The highest BCUT2D eigenvalue weighted by atomic mass is 32.1. The summed E-state index contributed by atoms with van der Waals surface area (Å²) in [7, 11) is 0. The van der Waals surface area contributed by atoms with Crippen molar-refractivity contribution in [3.63, 3.8) is 0 Å². The maximum Gasteiger partial charge on any atom is 0.256 e. The highest BCUT2D eigenvalue weighted by Gasteiger charge is 2.23. The van der Waals surface area contributed by atoms with Crippen LogP contribution in [0, 0.1) is 0 Å². The molecule has 0 saturated heterocycles. The molecule has 0 saturated carbocycles. The van der Waals surface area contributed by atoms with Crippen LogP contribution in [0.4, 0.5) is 5.69 Å². The van der Waals surface area contributed by atoms with Gasteiger partial charge in [-0.05, 0) is 34.5 Å². The number of hydrogen-bond acceptors (Lipinski definition) is 2. The zero-order valence-corrected chi connectivity index (χ0v) is 11.4. The van der Waals surface area contributed by atoms with Gasteiger partial charge in [-0.1, -0.05) is 36.4 Å². The summed E-state index contributed by atoms with van der Waals surface area (Å²) in [4.78, 5) is 12.1. The molecule has 0 unspecified atom stereocenters. The lowest BCUT2D eigenvalue weighted by Gasteiger charge is -1.97. The van der Waals surface area contributed by atoms with Crippen LogP contribution >= 0.6 is 11.3 Å². The Morgan fingerprint density at radius 2 is 1.80 bits per heavy atom. The third kappa shape index (κ3) is 1.67. The molecule has 1 N–H and O–H groups in total. The molecule has 0 fully saturated rings. The van der Waals surface area contributed by atoms with E-state index in [4.69, 9.17) is 0 Å². The van der Waals surface area contributed by atoms with Gasteiger partial charge in [-0.25, -0.2) is 0 Å². The Kier molecular flexibility index (Phi) is 2.47. The minimum atomic E-state index is -0.0264. The van der Waals surface area contributed by atoms with E-state index in [1.807, 2.05) is 42.5 Å². The van der Waals surface area contributed by atoms with E-state index in [1.165, 1.54) is 10.1 Å². The van der Waals surface area contributed by atoms with Crippen molar-refractivity contribution in [2.24, 2.45) is 0 Å². The van der Waals surface area contributed by atoms with Crippen molar-refractivity contribution in [3.05, 3.63) is 65.0 Å². The number of carbonyl (C=O) groups excluding carboxylic acids is 1. The molecule has 96 valence electrons. The fourth-order valence-corrected chi connectivity index (χ4v) is 3.47. The van der Waals surface area contributed by atoms with E-state index < -0.39 is 0 Å². The highest BCUT2D eigenvalue weighted by Crippen LogP contribution is 2.35. The first-order chi connectivity index (χ1) is 9.83. The monoisotopic (exact) mass is 277 g/mol. The van der Waals surface area contributed by atoms with E-state index in [2.05, 4.69) is 22.8 Å². The van der Waals surface area contributed by atoms with Crippen molar-refractivity contribution >= 4 is 44.7 Å². The zero-order chi connectivity index (χ0) is 13.5. The fourth-order valence-electron chi connectivity index (χ4n) is 2.55. The third-order valence-corrected chi connectivity index (χ3v) is 4.50. The van der Waals surface area contributed by atoms with Gasteiger partial charge in [0.15, 0.2) is 0 Å². The molecule has 4 rings (SSSR count). The number of nitrogens with one attached hydrogen (secondary N) is 1. The Hall–Kier alpha value is -2.39. The smallest absolute Gasteiger partial charge is 0.256 e. The summed E-state index contributed by atoms with van der Waals surface area (Å²) >= 11 is 1.70. The summed E-state index contributed by atoms with van der Waals surface area (Å²) in [5, 5.41) is 6.20. The van der Waals surface area contributed by atoms with E-state index in [-0.39, 0.29) is 5.91 Å². The number of carbonyl (C=O) groups is 1. The lowest BCUT2D eigenvalue weighted by molar-refractivity contribution is -0.110. The van der Waals surface area contributed by atoms with Crippen LogP contribution in [-0.2, 0) is 4.79 Å². The molecule has 0 bridgehead atoms. The molecule has 0 atom stereocenters. The quantitative estimate of drug-likeness (QED) is 0.656. The number of benzene rings is 2. The third-order valence-electron chi connectivity index (χ3n) is 3.52. The van der Waals surface area contributed by atoms with E-state index in [0.717, 1.165) is 22.4 Å². The predicted molar refractivity (Wildman–Crippen MR) is 84.8 cm³/mol. The van der Waals surface area contributed by atoms with Crippen LogP contribution in [0.1, 0.15) is 11.1 Å². The first kappa shape index (κ1) is 11.4. The van der Waals surface area contributed by atoms with Crippen LogP contribution in [0.25, 0.3) is 21.7 Å². The van der Waals surface area contributed by atoms with Crippen LogP contribution in [-0.4, -0.2) is 5.91 Å². The van der Waals surface area contributed by atoms with Crippen molar-refractivity contribution < 1.29 is 4.79 Å². The Morgan fingerprint density at radius 1 is 1.00 bits per heavy atom. The fraction of sp³-hybridized carbons (Fsp3) is 0. The van der Waals surface area contributed by atoms with Gasteiger partial charge < -0.3 is 5.32 Å². The van der Waals surface area contributed by atoms with Gasteiger partial charge in [0.2, 0.25) is 0 Å². The number of thiophene rings is 1. The number of rotatable bonds is 1. The summed E-state index contributed by atoms with van der Waals surface area (Å²) in [6.07, 6.45) is 1.99. The summed E-state index contributed by atoms with van der Waals surface area (Å²) in [5.41, 5.74) is 3.72. The van der Waals surface area contributed by atoms with Gasteiger partial charge in [0.1, 0.15) is 0 Å². The second kappa shape index (κ2) is 4.32. The predicted octanol–water partition coefficient (Wildman–Crippen LogP) is 4.39. The van der Waals surface area contributed by atoms with Crippen LogP contribution in [0.2, 0.25) is 0 Å². The van der Waals surface area contributed by atoms with Crippen molar-refractivity contribution in [2.45, 2.75) is 0 Å². The SMILES string of the molecule is O=C1Nc2ccccc2/C1=C\c1csc2ccccc12. The van der Waals surface area contributed by atoms with Gasteiger partial charge in [0, 0.05) is 21.5 Å². The Morgan fingerprint density at radius 3 is 2.75 bits per heavy atom. The van der Waals surface area contributed by atoms with E-state index >= 15 is 0 Å². The summed E-state index contributed by atoms with van der Waals surface area (Å²) < 4.78 is 1.24. The lowest BCUT2D eigenvalue weighted by Crippen LogP contribution is -2.03. The molecule has 0 aliphatic carbocycles. The van der Waals surface area contributed by atoms with Crippen molar-refractivity contribution in [1.29, 1.82) is 0 Å². The highest BCUT2D eigenvalue weighted by molar-refractivity contribution is 7.17. The van der Waals surface area contributed by atoms with Gasteiger partial charge in [0.25, 0.3) is 5.91 Å². The molecule has 0 spiro atoms. The topological polar surface area (TPSA) is 29.1 Å². The molecule has 1 aromatic heterocycles. The number of amides is 1. The van der Waals surface area contributed by atoms with Crippen molar-refractivity contribution in [3.8, 4) is 0 Å². The maximum absolute atomic E-state index is 12.1. The zero-order valence-electron chi connectivity index (χ0n) is 10.6. The number of anilines is 1. The largest absolute Gasteiger partial charge is 0.321 e.